The monoisotopic (exact) mass is 235 g/mol. The first kappa shape index (κ1) is 12.4. The van der Waals surface area contributed by atoms with Crippen LogP contribution in [0.1, 0.15) is 37.4 Å². The fourth-order valence-corrected chi connectivity index (χ4v) is 2.46. The summed E-state index contributed by atoms with van der Waals surface area (Å²) in [6.07, 6.45) is 3.39. The van der Waals surface area contributed by atoms with E-state index in [9.17, 15) is 5.11 Å². The van der Waals surface area contributed by atoms with Gasteiger partial charge in [0.15, 0.2) is 0 Å². The zero-order valence-electron chi connectivity index (χ0n) is 10.2. The van der Waals surface area contributed by atoms with Crippen molar-refractivity contribution in [2.24, 2.45) is 0 Å². The zero-order valence-corrected chi connectivity index (χ0v) is 10.2. The number of anilines is 1. The Balaban J connectivity index is 2.14. The first-order chi connectivity index (χ1) is 8.33. The van der Waals surface area contributed by atoms with Gasteiger partial charge in [-0.15, -0.1) is 0 Å². The quantitative estimate of drug-likeness (QED) is 0.785. The van der Waals surface area contributed by atoms with Crippen LogP contribution in [0.3, 0.4) is 0 Å². The number of unbranched alkanes of at least 4 members (excludes halogenated alkanes) is 1. The minimum atomic E-state index is -0.325. The lowest BCUT2D eigenvalue weighted by Gasteiger charge is -2.25. The average Bonchev–Trinajstić information content (AvgIpc) is 2.51. The van der Waals surface area contributed by atoms with Gasteiger partial charge in [-0.25, -0.2) is 0 Å². The molecule has 0 radical (unpaired) electrons. The molecule has 0 saturated heterocycles. The van der Waals surface area contributed by atoms with Crippen molar-refractivity contribution in [2.75, 3.05) is 24.6 Å². The summed E-state index contributed by atoms with van der Waals surface area (Å²) in [5, 5.41) is 18.9. The highest BCUT2D eigenvalue weighted by atomic mass is 16.3. The summed E-state index contributed by atoms with van der Waals surface area (Å²) >= 11 is 0. The second-order valence-corrected chi connectivity index (χ2v) is 4.63. The first-order valence-corrected chi connectivity index (χ1v) is 6.45. The molecule has 2 rings (SSSR count). The highest BCUT2D eigenvalue weighted by Gasteiger charge is 2.20. The summed E-state index contributed by atoms with van der Waals surface area (Å²) in [5.74, 6) is 0. The second kappa shape index (κ2) is 6.03. The van der Waals surface area contributed by atoms with Gasteiger partial charge in [-0.05, 0) is 31.7 Å². The fourth-order valence-electron chi connectivity index (χ4n) is 2.46. The van der Waals surface area contributed by atoms with Gasteiger partial charge in [0.2, 0.25) is 0 Å². The van der Waals surface area contributed by atoms with Crippen molar-refractivity contribution < 1.29 is 10.2 Å². The molecule has 2 N–H and O–H groups in total. The van der Waals surface area contributed by atoms with E-state index in [2.05, 4.69) is 11.0 Å². The number of aliphatic hydroxyl groups is 2. The standard InChI is InChI=1S/C14H21NO2/c16-11-4-3-9-15-10-5-8-14(17)12-6-1-2-7-13(12)15/h1-2,6-7,14,16-17H,3-5,8-11H2. The lowest BCUT2D eigenvalue weighted by atomic mass is 10.0. The number of para-hydroxylation sites is 1. The van der Waals surface area contributed by atoms with Crippen molar-refractivity contribution in [3.63, 3.8) is 0 Å². The van der Waals surface area contributed by atoms with Gasteiger partial charge in [-0.1, -0.05) is 18.2 Å². The lowest BCUT2D eigenvalue weighted by Crippen LogP contribution is -2.25. The van der Waals surface area contributed by atoms with Gasteiger partial charge in [0, 0.05) is 30.9 Å². The van der Waals surface area contributed by atoms with E-state index in [0.29, 0.717) is 0 Å². The van der Waals surface area contributed by atoms with Crippen LogP contribution in [0.2, 0.25) is 0 Å². The molecular weight excluding hydrogens is 214 g/mol. The maximum Gasteiger partial charge on any atom is 0.0810 e. The Morgan fingerprint density at radius 3 is 2.88 bits per heavy atom. The number of hydrogen-bond acceptors (Lipinski definition) is 3. The third-order valence-electron chi connectivity index (χ3n) is 3.38. The fraction of sp³-hybridized carbons (Fsp3) is 0.571. The molecule has 1 aliphatic heterocycles. The van der Waals surface area contributed by atoms with E-state index in [0.717, 1.165) is 50.0 Å². The van der Waals surface area contributed by atoms with Crippen LogP contribution in [0.15, 0.2) is 24.3 Å². The van der Waals surface area contributed by atoms with Crippen LogP contribution in [-0.2, 0) is 0 Å². The van der Waals surface area contributed by atoms with Crippen LogP contribution < -0.4 is 4.90 Å². The van der Waals surface area contributed by atoms with Crippen molar-refractivity contribution in [1.29, 1.82) is 0 Å². The second-order valence-electron chi connectivity index (χ2n) is 4.63. The number of fused-ring (bicyclic) bond motifs is 1. The van der Waals surface area contributed by atoms with E-state index in [1.165, 1.54) is 0 Å². The summed E-state index contributed by atoms with van der Waals surface area (Å²) in [4.78, 5) is 2.33. The highest BCUT2D eigenvalue weighted by Crippen LogP contribution is 2.32. The van der Waals surface area contributed by atoms with Gasteiger partial charge < -0.3 is 15.1 Å². The van der Waals surface area contributed by atoms with Gasteiger partial charge in [0.1, 0.15) is 0 Å². The van der Waals surface area contributed by atoms with Crippen molar-refractivity contribution in [2.45, 2.75) is 31.8 Å². The molecule has 1 atom stereocenters. The third kappa shape index (κ3) is 2.99. The summed E-state index contributed by atoms with van der Waals surface area (Å²) in [6, 6.07) is 8.11. The summed E-state index contributed by atoms with van der Waals surface area (Å²) in [6.45, 7) is 2.22. The molecule has 17 heavy (non-hydrogen) atoms. The molecule has 0 aliphatic carbocycles. The zero-order chi connectivity index (χ0) is 12.1. The number of aliphatic hydroxyl groups excluding tert-OH is 2. The SMILES string of the molecule is OCCCCN1CCCC(O)c2ccccc21. The van der Waals surface area contributed by atoms with Crippen LogP contribution in [0, 0.1) is 0 Å². The predicted molar refractivity (Wildman–Crippen MR) is 69.2 cm³/mol. The van der Waals surface area contributed by atoms with E-state index < -0.39 is 0 Å². The molecule has 1 aliphatic rings. The average molecular weight is 235 g/mol. The summed E-state index contributed by atoms with van der Waals surface area (Å²) in [5.41, 5.74) is 2.21. The Labute approximate surface area is 103 Å². The largest absolute Gasteiger partial charge is 0.396 e. The Bertz CT molecular complexity index is 354. The van der Waals surface area contributed by atoms with Gasteiger partial charge in [-0.2, -0.15) is 0 Å². The van der Waals surface area contributed by atoms with Crippen LogP contribution in [0.25, 0.3) is 0 Å². The molecule has 0 aromatic heterocycles. The Kier molecular flexibility index (Phi) is 4.40. The van der Waals surface area contributed by atoms with E-state index in [1.54, 1.807) is 0 Å². The maximum atomic E-state index is 10.1. The Morgan fingerprint density at radius 1 is 1.24 bits per heavy atom. The molecule has 1 unspecified atom stereocenters. The molecule has 1 heterocycles. The molecule has 0 spiro atoms. The van der Waals surface area contributed by atoms with Crippen molar-refractivity contribution in [1.82, 2.24) is 0 Å². The molecule has 94 valence electrons. The van der Waals surface area contributed by atoms with Gasteiger partial charge in [-0.3, -0.25) is 0 Å². The van der Waals surface area contributed by atoms with Gasteiger partial charge in [0.05, 0.1) is 6.10 Å². The van der Waals surface area contributed by atoms with Crippen LogP contribution in [-0.4, -0.2) is 29.9 Å². The van der Waals surface area contributed by atoms with E-state index >= 15 is 0 Å². The molecule has 1 aromatic rings. The predicted octanol–water partition coefficient (Wildman–Crippen LogP) is 2.09. The van der Waals surface area contributed by atoms with Crippen LogP contribution >= 0.6 is 0 Å². The summed E-state index contributed by atoms with van der Waals surface area (Å²) in [7, 11) is 0. The van der Waals surface area contributed by atoms with Crippen molar-refractivity contribution in [3.8, 4) is 0 Å². The molecule has 0 fully saturated rings. The van der Waals surface area contributed by atoms with Crippen LogP contribution in [0.4, 0.5) is 5.69 Å². The van der Waals surface area contributed by atoms with Crippen molar-refractivity contribution >= 4 is 5.69 Å². The van der Waals surface area contributed by atoms with E-state index in [1.807, 2.05) is 18.2 Å². The molecular formula is C14H21NO2. The molecule has 3 heteroatoms. The van der Waals surface area contributed by atoms with E-state index in [-0.39, 0.29) is 12.7 Å². The smallest absolute Gasteiger partial charge is 0.0810 e. The maximum absolute atomic E-state index is 10.1. The normalized spacial score (nSPS) is 19.9. The number of hydrogen-bond donors (Lipinski definition) is 2. The van der Waals surface area contributed by atoms with Crippen molar-refractivity contribution in [3.05, 3.63) is 29.8 Å². The Morgan fingerprint density at radius 2 is 2.06 bits per heavy atom. The van der Waals surface area contributed by atoms with Gasteiger partial charge in [0.25, 0.3) is 0 Å². The van der Waals surface area contributed by atoms with Gasteiger partial charge >= 0.3 is 0 Å². The molecule has 3 nitrogen and oxygen atoms in total. The lowest BCUT2D eigenvalue weighted by molar-refractivity contribution is 0.168. The molecule has 0 bridgehead atoms. The number of benzene rings is 1. The number of nitrogens with zero attached hydrogens (tertiary/aromatic N) is 1. The van der Waals surface area contributed by atoms with Crippen LogP contribution in [0.5, 0.6) is 0 Å². The minimum Gasteiger partial charge on any atom is -0.396 e. The molecule has 0 amide bonds. The Hall–Kier alpha value is -1.06. The third-order valence-corrected chi connectivity index (χ3v) is 3.38. The topological polar surface area (TPSA) is 43.7 Å². The first-order valence-electron chi connectivity index (χ1n) is 6.45. The molecule has 1 aromatic carbocycles. The number of rotatable bonds is 4. The molecule has 0 saturated carbocycles. The summed E-state index contributed by atoms with van der Waals surface area (Å²) < 4.78 is 0. The highest BCUT2D eigenvalue weighted by molar-refractivity contribution is 5.55. The van der Waals surface area contributed by atoms with E-state index in [4.69, 9.17) is 5.11 Å². The minimum absolute atomic E-state index is 0.262.